The van der Waals surface area contributed by atoms with Crippen molar-refractivity contribution in [3.05, 3.63) is 80.0 Å². The Morgan fingerprint density at radius 2 is 2.09 bits per heavy atom. The average molecular weight is 505 g/mol. The molecule has 0 spiro atoms. The first-order valence-electron chi connectivity index (χ1n) is 10.6. The fourth-order valence-electron chi connectivity index (χ4n) is 4.01. The van der Waals surface area contributed by atoms with E-state index in [1.165, 1.54) is 23.5 Å². The maximum absolute atomic E-state index is 13.9. The van der Waals surface area contributed by atoms with Crippen molar-refractivity contribution in [1.82, 2.24) is 9.88 Å². The number of aromatic nitrogens is 1. The van der Waals surface area contributed by atoms with Crippen LogP contribution in [-0.4, -0.2) is 46.8 Å². The summed E-state index contributed by atoms with van der Waals surface area (Å²) in [5, 5.41) is 9.46. The van der Waals surface area contributed by atoms with Crippen LogP contribution >= 0.6 is 22.9 Å². The summed E-state index contributed by atoms with van der Waals surface area (Å²) in [6.45, 7) is 1.81. The molecule has 0 bridgehead atoms. The molecule has 1 amide bonds. The van der Waals surface area contributed by atoms with Gasteiger partial charge in [0.2, 0.25) is 0 Å². The fraction of sp³-hybridized carbons (Fsp3) is 0.292. The van der Waals surface area contributed by atoms with Gasteiger partial charge in [-0.1, -0.05) is 17.7 Å². The number of aryl methyl sites for hydroxylation is 1. The Hall–Kier alpha value is -3.17. The van der Waals surface area contributed by atoms with E-state index in [1.807, 2.05) is 6.92 Å². The SMILES string of the molecule is Cc1ncsc1CCOC(=O)N1CCc2cc(F)ccc2C1c1cc(Cl)ccc1OCC(=O)O. The predicted octanol–water partition coefficient (Wildman–Crippen LogP) is 5.03. The van der Waals surface area contributed by atoms with E-state index < -0.39 is 24.7 Å². The summed E-state index contributed by atoms with van der Waals surface area (Å²) < 4.78 is 25.0. The first kappa shape index (κ1) is 24.0. The van der Waals surface area contributed by atoms with Gasteiger partial charge >= 0.3 is 12.1 Å². The molecule has 1 aliphatic heterocycles. The number of rotatable bonds is 7. The van der Waals surface area contributed by atoms with Crippen molar-refractivity contribution in [2.75, 3.05) is 19.8 Å². The zero-order chi connectivity index (χ0) is 24.2. The van der Waals surface area contributed by atoms with Crippen molar-refractivity contribution in [3.8, 4) is 5.75 Å². The number of hydrogen-bond donors (Lipinski definition) is 1. The Morgan fingerprint density at radius 3 is 2.82 bits per heavy atom. The number of carbonyl (C=O) groups excluding carboxylic acids is 1. The third-order valence-corrected chi connectivity index (χ3v) is 6.81. The standard InChI is InChI=1S/C24H22ClFN2O5S/c1-14-21(34-13-27-14)7-9-32-24(31)28-8-6-15-10-17(26)3-4-18(15)23(28)19-11-16(25)2-5-20(19)33-12-22(29)30/h2-5,10-11,13,23H,6-9,12H2,1H3,(H,29,30). The second-order valence-electron chi connectivity index (χ2n) is 7.78. The van der Waals surface area contributed by atoms with Crippen molar-refractivity contribution < 1.29 is 28.6 Å². The lowest BCUT2D eigenvalue weighted by atomic mass is 9.88. The van der Waals surface area contributed by atoms with Gasteiger partial charge in [-0.3, -0.25) is 4.90 Å². The number of carbonyl (C=O) groups is 2. The molecule has 3 aromatic rings. The topological polar surface area (TPSA) is 89.0 Å². The van der Waals surface area contributed by atoms with E-state index in [-0.39, 0.29) is 24.7 Å². The van der Waals surface area contributed by atoms with Crippen molar-refractivity contribution >= 4 is 35.0 Å². The van der Waals surface area contributed by atoms with Crippen LogP contribution < -0.4 is 4.74 Å². The van der Waals surface area contributed by atoms with Crippen LogP contribution in [0.4, 0.5) is 9.18 Å². The summed E-state index contributed by atoms with van der Waals surface area (Å²) in [5.41, 5.74) is 4.61. The van der Waals surface area contributed by atoms with Crippen LogP contribution in [0, 0.1) is 12.7 Å². The molecule has 34 heavy (non-hydrogen) atoms. The molecule has 0 radical (unpaired) electrons. The fourth-order valence-corrected chi connectivity index (χ4v) is 4.95. The minimum absolute atomic E-state index is 0.180. The molecule has 0 saturated carbocycles. The van der Waals surface area contributed by atoms with Crippen molar-refractivity contribution in [1.29, 1.82) is 0 Å². The molecule has 1 aromatic heterocycles. The summed E-state index contributed by atoms with van der Waals surface area (Å²) >= 11 is 7.77. The van der Waals surface area contributed by atoms with E-state index in [2.05, 4.69) is 4.98 Å². The van der Waals surface area contributed by atoms with Gasteiger partial charge in [0.25, 0.3) is 0 Å². The number of benzene rings is 2. The zero-order valence-electron chi connectivity index (χ0n) is 18.3. The highest BCUT2D eigenvalue weighted by Gasteiger charge is 2.35. The highest BCUT2D eigenvalue weighted by atomic mass is 35.5. The number of aliphatic carboxylic acids is 1. The van der Waals surface area contributed by atoms with Gasteiger partial charge < -0.3 is 14.6 Å². The molecule has 0 fully saturated rings. The van der Waals surface area contributed by atoms with Crippen LogP contribution in [0.1, 0.15) is 33.3 Å². The number of fused-ring (bicyclic) bond motifs is 1. The molecule has 1 unspecified atom stereocenters. The number of amides is 1. The van der Waals surface area contributed by atoms with E-state index in [9.17, 15) is 14.0 Å². The van der Waals surface area contributed by atoms with Crippen molar-refractivity contribution in [2.24, 2.45) is 0 Å². The van der Waals surface area contributed by atoms with Gasteiger partial charge in [-0.25, -0.2) is 19.0 Å². The number of nitrogens with zero attached hydrogens (tertiary/aromatic N) is 2. The second kappa shape index (κ2) is 10.4. The van der Waals surface area contributed by atoms with Gasteiger partial charge in [0.15, 0.2) is 6.61 Å². The smallest absolute Gasteiger partial charge is 0.410 e. The third kappa shape index (κ3) is 5.31. The van der Waals surface area contributed by atoms with Crippen LogP contribution in [0.15, 0.2) is 41.9 Å². The van der Waals surface area contributed by atoms with Crippen molar-refractivity contribution in [3.63, 3.8) is 0 Å². The van der Waals surface area contributed by atoms with Crippen LogP contribution in [0.2, 0.25) is 5.02 Å². The largest absolute Gasteiger partial charge is 0.482 e. The molecule has 2 heterocycles. The quantitative estimate of drug-likeness (QED) is 0.485. The van der Waals surface area contributed by atoms with Gasteiger partial charge in [0.05, 0.1) is 23.9 Å². The molecule has 0 aliphatic carbocycles. The number of carboxylic acids is 1. The molecular weight excluding hydrogens is 483 g/mol. The van der Waals surface area contributed by atoms with Gasteiger partial charge in [0, 0.05) is 28.4 Å². The molecule has 10 heteroatoms. The molecule has 2 aromatic carbocycles. The molecule has 1 N–H and O–H groups in total. The third-order valence-electron chi connectivity index (χ3n) is 5.58. The Balaban J connectivity index is 1.66. The van der Waals surface area contributed by atoms with Crippen LogP contribution in [0.3, 0.4) is 0 Å². The molecule has 0 saturated heterocycles. The summed E-state index contributed by atoms with van der Waals surface area (Å²) in [4.78, 5) is 31.1. The molecule has 178 valence electrons. The van der Waals surface area contributed by atoms with Crippen LogP contribution in [0.5, 0.6) is 5.75 Å². The lowest BCUT2D eigenvalue weighted by Crippen LogP contribution is -2.41. The number of thiazole rings is 1. The maximum Gasteiger partial charge on any atom is 0.410 e. The Bertz CT molecular complexity index is 1220. The van der Waals surface area contributed by atoms with Crippen LogP contribution in [0.25, 0.3) is 0 Å². The Morgan fingerprint density at radius 1 is 1.26 bits per heavy atom. The van der Waals surface area contributed by atoms with E-state index in [1.54, 1.807) is 34.7 Å². The Kier molecular flexibility index (Phi) is 7.33. The number of hydrogen-bond acceptors (Lipinski definition) is 6. The lowest BCUT2D eigenvalue weighted by Gasteiger charge is -2.37. The summed E-state index contributed by atoms with van der Waals surface area (Å²) in [7, 11) is 0. The van der Waals surface area contributed by atoms with Gasteiger partial charge in [-0.15, -0.1) is 11.3 Å². The molecule has 4 rings (SSSR count). The van der Waals surface area contributed by atoms with E-state index in [0.29, 0.717) is 29.0 Å². The maximum atomic E-state index is 13.9. The van der Waals surface area contributed by atoms with Gasteiger partial charge in [-0.05, 0) is 54.8 Å². The normalized spacial score (nSPS) is 15.0. The monoisotopic (exact) mass is 504 g/mol. The van der Waals surface area contributed by atoms with E-state index in [4.69, 9.17) is 26.2 Å². The number of ether oxygens (including phenoxy) is 2. The molecular formula is C24H22ClFN2O5S. The highest BCUT2D eigenvalue weighted by Crippen LogP contribution is 2.41. The molecule has 7 nitrogen and oxygen atoms in total. The summed E-state index contributed by atoms with van der Waals surface area (Å²) in [5.74, 6) is -1.24. The van der Waals surface area contributed by atoms with E-state index in [0.717, 1.165) is 16.1 Å². The predicted molar refractivity (Wildman–Crippen MR) is 125 cm³/mol. The summed E-state index contributed by atoms with van der Waals surface area (Å²) in [6.07, 6.45) is 0.455. The summed E-state index contributed by atoms with van der Waals surface area (Å²) in [6, 6.07) is 8.48. The number of carboxylic acid groups (broad SMARTS) is 1. The Labute approximate surface area is 204 Å². The molecule has 1 aliphatic rings. The van der Waals surface area contributed by atoms with Crippen LogP contribution in [-0.2, 0) is 22.4 Å². The number of halogens is 2. The minimum Gasteiger partial charge on any atom is -0.482 e. The first-order valence-corrected chi connectivity index (χ1v) is 11.8. The molecule has 1 atom stereocenters. The average Bonchev–Trinajstić information content (AvgIpc) is 3.21. The highest BCUT2D eigenvalue weighted by molar-refractivity contribution is 7.09. The minimum atomic E-state index is -1.14. The zero-order valence-corrected chi connectivity index (χ0v) is 19.9. The first-order chi connectivity index (χ1) is 16.3. The second-order valence-corrected chi connectivity index (χ2v) is 9.15. The van der Waals surface area contributed by atoms with Gasteiger partial charge in [-0.2, -0.15) is 0 Å². The van der Waals surface area contributed by atoms with Crippen molar-refractivity contribution in [2.45, 2.75) is 25.8 Å². The van der Waals surface area contributed by atoms with Gasteiger partial charge in [0.1, 0.15) is 11.6 Å². The lowest BCUT2D eigenvalue weighted by molar-refractivity contribution is -0.139. The van der Waals surface area contributed by atoms with E-state index >= 15 is 0 Å².